The summed E-state index contributed by atoms with van der Waals surface area (Å²) in [5, 5.41) is 3.40. The highest BCUT2D eigenvalue weighted by Crippen LogP contribution is 2.33. The van der Waals surface area contributed by atoms with Crippen molar-refractivity contribution >= 4 is 23.6 Å². The number of thioether (sulfide) groups is 1. The van der Waals surface area contributed by atoms with Gasteiger partial charge in [-0.15, -0.1) is 0 Å². The van der Waals surface area contributed by atoms with Crippen molar-refractivity contribution in [3.63, 3.8) is 0 Å². The van der Waals surface area contributed by atoms with Crippen LogP contribution in [0.2, 0.25) is 0 Å². The van der Waals surface area contributed by atoms with Gasteiger partial charge in [0.15, 0.2) is 0 Å². The van der Waals surface area contributed by atoms with Crippen molar-refractivity contribution in [2.24, 2.45) is 5.92 Å². The molecule has 1 aliphatic heterocycles. The molecule has 1 saturated heterocycles. The summed E-state index contributed by atoms with van der Waals surface area (Å²) in [6.45, 7) is 5.98. The maximum absolute atomic E-state index is 12.9. The van der Waals surface area contributed by atoms with E-state index in [0.717, 1.165) is 25.7 Å². The van der Waals surface area contributed by atoms with E-state index in [4.69, 9.17) is 0 Å². The molecular weight excluding hydrogens is 284 g/mol. The van der Waals surface area contributed by atoms with Crippen LogP contribution in [0.3, 0.4) is 0 Å². The Morgan fingerprint density at radius 3 is 2.62 bits per heavy atom. The molecule has 0 spiro atoms. The van der Waals surface area contributed by atoms with Gasteiger partial charge in [0.1, 0.15) is 12.1 Å². The molecule has 5 heteroatoms. The van der Waals surface area contributed by atoms with Gasteiger partial charge >= 0.3 is 0 Å². The molecule has 0 aromatic carbocycles. The van der Waals surface area contributed by atoms with Gasteiger partial charge in [-0.1, -0.05) is 33.1 Å². The van der Waals surface area contributed by atoms with Crippen LogP contribution in [0.5, 0.6) is 0 Å². The van der Waals surface area contributed by atoms with E-state index in [1.165, 1.54) is 6.42 Å². The largest absolute Gasteiger partial charge is 0.342 e. The predicted molar refractivity (Wildman–Crippen MR) is 87.3 cm³/mol. The molecule has 0 bridgehead atoms. The fourth-order valence-corrected chi connectivity index (χ4v) is 4.54. The van der Waals surface area contributed by atoms with Crippen LogP contribution in [0.4, 0.5) is 0 Å². The molecule has 5 unspecified atom stereocenters. The molecule has 120 valence electrons. The predicted octanol–water partition coefficient (Wildman–Crippen LogP) is 2.42. The average molecular weight is 312 g/mol. The molecule has 1 aliphatic carbocycles. The standard InChI is InChI=1S/C16H28N2O2S/c1-5-10(2)14-16(20)18(11(3)15(19)17-14)12-8-6-7-9-13(12)21-4/h10-14H,5-9H2,1-4H3,(H,17,19). The highest BCUT2D eigenvalue weighted by molar-refractivity contribution is 7.99. The van der Waals surface area contributed by atoms with Crippen molar-refractivity contribution in [2.45, 2.75) is 76.3 Å². The monoisotopic (exact) mass is 312 g/mol. The maximum atomic E-state index is 12.9. The Balaban J connectivity index is 2.25. The second-order valence-electron chi connectivity index (χ2n) is 6.42. The number of piperazine rings is 1. The van der Waals surface area contributed by atoms with E-state index >= 15 is 0 Å². The zero-order valence-corrected chi connectivity index (χ0v) is 14.4. The Morgan fingerprint density at radius 2 is 2.00 bits per heavy atom. The van der Waals surface area contributed by atoms with Crippen LogP contribution >= 0.6 is 11.8 Å². The number of nitrogens with zero attached hydrogens (tertiary/aromatic N) is 1. The summed E-state index contributed by atoms with van der Waals surface area (Å²) >= 11 is 1.84. The minimum atomic E-state index is -0.344. The summed E-state index contributed by atoms with van der Waals surface area (Å²) in [5.41, 5.74) is 0. The minimum Gasteiger partial charge on any atom is -0.342 e. The number of rotatable bonds is 4. The first-order valence-corrected chi connectivity index (χ1v) is 9.45. The summed E-state index contributed by atoms with van der Waals surface area (Å²) in [4.78, 5) is 27.2. The zero-order chi connectivity index (χ0) is 15.6. The van der Waals surface area contributed by atoms with Gasteiger partial charge < -0.3 is 10.2 Å². The van der Waals surface area contributed by atoms with Gasteiger partial charge in [-0.2, -0.15) is 11.8 Å². The number of amides is 2. The first-order chi connectivity index (χ1) is 10.0. The molecule has 1 N–H and O–H groups in total. The lowest BCUT2D eigenvalue weighted by atomic mass is 9.88. The summed E-state index contributed by atoms with van der Waals surface area (Å²) < 4.78 is 0. The maximum Gasteiger partial charge on any atom is 0.246 e. The summed E-state index contributed by atoms with van der Waals surface area (Å²) in [5.74, 6) is 0.320. The number of nitrogens with one attached hydrogen (secondary N) is 1. The molecule has 2 fully saturated rings. The first-order valence-electron chi connectivity index (χ1n) is 8.16. The van der Waals surface area contributed by atoms with Crippen LogP contribution in [0.15, 0.2) is 0 Å². The summed E-state index contributed by atoms with van der Waals surface area (Å²) in [6, 6.07) is -0.465. The molecule has 0 radical (unpaired) electrons. The van der Waals surface area contributed by atoms with Gasteiger partial charge in [-0.3, -0.25) is 9.59 Å². The third-order valence-electron chi connectivity index (χ3n) is 5.16. The van der Waals surface area contributed by atoms with E-state index in [1.54, 1.807) is 0 Å². The highest BCUT2D eigenvalue weighted by Gasteiger charge is 2.45. The van der Waals surface area contributed by atoms with Crippen molar-refractivity contribution < 1.29 is 9.59 Å². The second kappa shape index (κ2) is 7.03. The normalized spacial score (nSPS) is 35.5. The second-order valence-corrected chi connectivity index (χ2v) is 7.50. The molecule has 4 nitrogen and oxygen atoms in total. The van der Waals surface area contributed by atoms with E-state index in [-0.39, 0.29) is 35.9 Å². The van der Waals surface area contributed by atoms with Gasteiger partial charge in [0.25, 0.3) is 0 Å². The highest BCUT2D eigenvalue weighted by atomic mass is 32.2. The molecule has 21 heavy (non-hydrogen) atoms. The first kappa shape index (κ1) is 16.7. The lowest BCUT2D eigenvalue weighted by molar-refractivity contribution is -0.153. The number of carbonyl (C=O) groups excluding carboxylic acids is 2. The van der Waals surface area contributed by atoms with Gasteiger partial charge in [0, 0.05) is 11.3 Å². The van der Waals surface area contributed by atoms with Crippen molar-refractivity contribution in [1.29, 1.82) is 0 Å². The van der Waals surface area contributed by atoms with Crippen LogP contribution in [0, 0.1) is 5.92 Å². The fourth-order valence-electron chi connectivity index (χ4n) is 3.56. The molecule has 0 aromatic rings. The van der Waals surface area contributed by atoms with Gasteiger partial charge in [-0.05, 0) is 31.9 Å². The molecule has 0 aromatic heterocycles. The van der Waals surface area contributed by atoms with Crippen molar-refractivity contribution in [1.82, 2.24) is 10.2 Å². The van der Waals surface area contributed by atoms with Gasteiger partial charge in [0.05, 0.1) is 0 Å². The summed E-state index contributed by atoms with van der Waals surface area (Å²) in [7, 11) is 0. The molecule has 1 heterocycles. The smallest absolute Gasteiger partial charge is 0.246 e. The summed E-state index contributed by atoms with van der Waals surface area (Å²) in [6.07, 6.45) is 7.59. The quantitative estimate of drug-likeness (QED) is 0.867. The lowest BCUT2D eigenvalue weighted by Gasteiger charge is -2.47. The molecule has 5 atom stereocenters. The molecule has 2 aliphatic rings. The lowest BCUT2D eigenvalue weighted by Crippen LogP contribution is -2.67. The number of hydrogen-bond donors (Lipinski definition) is 1. The molecular formula is C16H28N2O2S. The van der Waals surface area contributed by atoms with E-state index in [1.807, 2.05) is 30.5 Å². The Hall–Kier alpha value is -0.710. The van der Waals surface area contributed by atoms with E-state index < -0.39 is 0 Å². The Labute approximate surface area is 132 Å². The third-order valence-corrected chi connectivity index (χ3v) is 6.31. The van der Waals surface area contributed by atoms with Crippen molar-refractivity contribution in [3.05, 3.63) is 0 Å². The van der Waals surface area contributed by atoms with Crippen LogP contribution in [0.1, 0.15) is 52.9 Å². The topological polar surface area (TPSA) is 49.4 Å². The Kier molecular flexibility index (Phi) is 5.58. The van der Waals surface area contributed by atoms with Gasteiger partial charge in [0.2, 0.25) is 11.8 Å². The fraction of sp³-hybridized carbons (Fsp3) is 0.875. The molecule has 1 saturated carbocycles. The van der Waals surface area contributed by atoms with Crippen LogP contribution < -0.4 is 5.32 Å². The third kappa shape index (κ3) is 3.22. The van der Waals surface area contributed by atoms with Crippen LogP contribution in [-0.2, 0) is 9.59 Å². The van der Waals surface area contributed by atoms with E-state index in [0.29, 0.717) is 5.25 Å². The van der Waals surface area contributed by atoms with E-state index in [2.05, 4.69) is 18.5 Å². The molecule has 2 rings (SSSR count). The van der Waals surface area contributed by atoms with Crippen molar-refractivity contribution in [3.8, 4) is 0 Å². The van der Waals surface area contributed by atoms with Crippen LogP contribution in [0.25, 0.3) is 0 Å². The van der Waals surface area contributed by atoms with E-state index in [9.17, 15) is 9.59 Å². The number of hydrogen-bond acceptors (Lipinski definition) is 3. The average Bonchev–Trinajstić information content (AvgIpc) is 2.50. The SMILES string of the molecule is CCC(C)C1NC(=O)C(C)N(C2CCCCC2SC)C1=O. The van der Waals surface area contributed by atoms with Crippen molar-refractivity contribution in [2.75, 3.05) is 6.26 Å². The van der Waals surface area contributed by atoms with Crippen LogP contribution in [-0.4, -0.2) is 46.3 Å². The molecule has 2 amide bonds. The number of carbonyl (C=O) groups is 2. The van der Waals surface area contributed by atoms with Gasteiger partial charge in [-0.25, -0.2) is 0 Å². The minimum absolute atomic E-state index is 0.00493. The zero-order valence-electron chi connectivity index (χ0n) is 13.6. The Bertz CT molecular complexity index is 402. The Morgan fingerprint density at radius 1 is 1.33 bits per heavy atom.